The van der Waals surface area contributed by atoms with Crippen molar-refractivity contribution in [1.29, 1.82) is 0 Å². The van der Waals surface area contributed by atoms with E-state index in [0.717, 1.165) is 18.8 Å². The van der Waals surface area contributed by atoms with Crippen molar-refractivity contribution in [2.24, 2.45) is 0 Å². The van der Waals surface area contributed by atoms with E-state index in [0.29, 0.717) is 0 Å². The molecule has 0 aromatic heterocycles. The van der Waals surface area contributed by atoms with Crippen molar-refractivity contribution in [3.05, 3.63) is 24.9 Å². The van der Waals surface area contributed by atoms with Crippen molar-refractivity contribution in [1.82, 2.24) is 4.90 Å². The second kappa shape index (κ2) is 6.02. The zero-order valence-corrected chi connectivity index (χ0v) is 7.77. The van der Waals surface area contributed by atoms with Crippen molar-refractivity contribution in [2.45, 2.75) is 26.7 Å². The van der Waals surface area contributed by atoms with E-state index in [2.05, 4.69) is 31.9 Å². The van der Waals surface area contributed by atoms with Crippen LogP contribution in [0.5, 0.6) is 0 Å². The van der Waals surface area contributed by atoms with Crippen LogP contribution in [0.3, 0.4) is 0 Å². The van der Waals surface area contributed by atoms with Crippen molar-refractivity contribution >= 4 is 0 Å². The average molecular weight is 153 g/mol. The van der Waals surface area contributed by atoms with Gasteiger partial charge in [0.25, 0.3) is 0 Å². The van der Waals surface area contributed by atoms with Crippen LogP contribution in [0.4, 0.5) is 0 Å². The molecule has 0 amide bonds. The van der Waals surface area contributed by atoms with Gasteiger partial charge in [-0.1, -0.05) is 26.5 Å². The number of hydrogen-bond acceptors (Lipinski definition) is 1. The first-order valence-electron chi connectivity index (χ1n) is 4.32. The van der Waals surface area contributed by atoms with Gasteiger partial charge in [-0.25, -0.2) is 0 Å². The average Bonchev–Trinajstić information content (AvgIpc) is 2.05. The lowest BCUT2D eigenvalue weighted by molar-refractivity contribution is 0.367. The van der Waals surface area contributed by atoms with Crippen molar-refractivity contribution < 1.29 is 0 Å². The quantitative estimate of drug-likeness (QED) is 0.530. The fourth-order valence-electron chi connectivity index (χ4n) is 0.983. The summed E-state index contributed by atoms with van der Waals surface area (Å²) in [4.78, 5) is 2.25. The van der Waals surface area contributed by atoms with Crippen LogP contribution in [0.25, 0.3) is 0 Å². The molecule has 0 heterocycles. The van der Waals surface area contributed by atoms with E-state index in [1.54, 1.807) is 0 Å². The molecule has 0 aliphatic heterocycles. The van der Waals surface area contributed by atoms with E-state index < -0.39 is 0 Å². The molecule has 0 unspecified atom stereocenters. The Hall–Kier alpha value is -0.720. The smallest absolute Gasteiger partial charge is 0.0287 e. The summed E-state index contributed by atoms with van der Waals surface area (Å²) in [5.74, 6) is 0. The number of likely N-dealkylation sites (N-methyl/N-ethyl adjacent to an activating group) is 1. The highest BCUT2D eigenvalue weighted by molar-refractivity contribution is 5.09. The van der Waals surface area contributed by atoms with Gasteiger partial charge in [-0.3, -0.25) is 0 Å². The van der Waals surface area contributed by atoms with Gasteiger partial charge in [0.2, 0.25) is 0 Å². The van der Waals surface area contributed by atoms with E-state index in [1.807, 2.05) is 6.08 Å². The van der Waals surface area contributed by atoms with Crippen LogP contribution in [0.15, 0.2) is 24.9 Å². The Morgan fingerprint density at radius 3 is 2.45 bits per heavy atom. The van der Waals surface area contributed by atoms with Gasteiger partial charge < -0.3 is 4.90 Å². The van der Waals surface area contributed by atoms with Crippen LogP contribution >= 0.6 is 0 Å². The Bertz CT molecular complexity index is 127. The summed E-state index contributed by atoms with van der Waals surface area (Å²) >= 11 is 0. The molecule has 0 atom stereocenters. The minimum Gasteiger partial charge on any atom is -0.372 e. The molecule has 0 radical (unpaired) electrons. The van der Waals surface area contributed by atoms with Gasteiger partial charge in [-0.15, -0.1) is 0 Å². The topological polar surface area (TPSA) is 3.24 Å². The van der Waals surface area contributed by atoms with E-state index in [1.165, 1.54) is 12.8 Å². The fraction of sp³-hybridized carbons (Fsp3) is 0.600. The van der Waals surface area contributed by atoms with E-state index in [4.69, 9.17) is 0 Å². The summed E-state index contributed by atoms with van der Waals surface area (Å²) in [6.45, 7) is 14.1. The van der Waals surface area contributed by atoms with E-state index in [9.17, 15) is 0 Å². The number of allylic oxidation sites excluding steroid dienone is 1. The van der Waals surface area contributed by atoms with Crippen molar-refractivity contribution in [3.63, 3.8) is 0 Å². The van der Waals surface area contributed by atoms with Gasteiger partial charge in [-0.2, -0.15) is 0 Å². The molecule has 0 saturated heterocycles. The van der Waals surface area contributed by atoms with Gasteiger partial charge in [0.05, 0.1) is 0 Å². The summed E-state index contributed by atoms with van der Waals surface area (Å²) in [5.41, 5.74) is 1.04. The minimum atomic E-state index is 1.03. The first kappa shape index (κ1) is 10.3. The Balaban J connectivity index is 3.74. The Morgan fingerprint density at radius 2 is 2.09 bits per heavy atom. The van der Waals surface area contributed by atoms with Crippen molar-refractivity contribution in [2.75, 3.05) is 13.1 Å². The lowest BCUT2D eigenvalue weighted by atomic mass is 10.3. The molecular weight excluding hydrogens is 134 g/mol. The summed E-state index contributed by atoms with van der Waals surface area (Å²) in [7, 11) is 0. The molecule has 0 fully saturated rings. The summed E-state index contributed by atoms with van der Waals surface area (Å²) < 4.78 is 0. The molecule has 0 rings (SSSR count). The first-order chi connectivity index (χ1) is 5.26. The van der Waals surface area contributed by atoms with Gasteiger partial charge in [0.15, 0.2) is 0 Å². The maximum absolute atomic E-state index is 3.91. The predicted molar refractivity (Wildman–Crippen MR) is 51.5 cm³/mol. The van der Waals surface area contributed by atoms with Crippen LogP contribution in [0.2, 0.25) is 0 Å². The standard InChI is InChI=1S/C10H19N/c1-5-8-9-11(7-3)10(4)6-2/h6H,2,4-5,7-9H2,1,3H3. The zero-order valence-electron chi connectivity index (χ0n) is 7.77. The molecule has 1 nitrogen and oxygen atoms in total. The highest BCUT2D eigenvalue weighted by Crippen LogP contribution is 2.03. The predicted octanol–water partition coefficient (Wildman–Crippen LogP) is 2.81. The molecule has 0 saturated carbocycles. The van der Waals surface area contributed by atoms with Gasteiger partial charge in [0, 0.05) is 18.8 Å². The lowest BCUT2D eigenvalue weighted by Gasteiger charge is -2.22. The SMILES string of the molecule is C=CC(=C)N(CC)CCCC. The Labute approximate surface area is 70.4 Å². The van der Waals surface area contributed by atoms with Crippen LogP contribution in [0, 0.1) is 0 Å². The lowest BCUT2D eigenvalue weighted by Crippen LogP contribution is -2.22. The maximum atomic E-state index is 3.91. The van der Waals surface area contributed by atoms with Crippen LogP contribution in [-0.4, -0.2) is 18.0 Å². The second-order valence-electron chi connectivity index (χ2n) is 2.63. The Kier molecular flexibility index (Phi) is 5.63. The highest BCUT2D eigenvalue weighted by atomic mass is 15.1. The van der Waals surface area contributed by atoms with Gasteiger partial charge in [0.1, 0.15) is 0 Å². The van der Waals surface area contributed by atoms with Crippen molar-refractivity contribution in [3.8, 4) is 0 Å². The third-order valence-corrected chi connectivity index (χ3v) is 1.81. The zero-order chi connectivity index (χ0) is 8.69. The molecule has 0 N–H and O–H groups in total. The summed E-state index contributed by atoms with van der Waals surface area (Å²) in [5, 5.41) is 0. The van der Waals surface area contributed by atoms with Gasteiger partial charge >= 0.3 is 0 Å². The Morgan fingerprint density at radius 1 is 1.45 bits per heavy atom. The molecule has 0 aromatic rings. The third-order valence-electron chi connectivity index (χ3n) is 1.81. The number of unbranched alkanes of at least 4 members (excludes halogenated alkanes) is 1. The molecule has 0 aromatic carbocycles. The molecule has 0 spiro atoms. The number of hydrogen-bond donors (Lipinski definition) is 0. The summed E-state index contributed by atoms with van der Waals surface area (Å²) in [6.07, 6.45) is 4.29. The maximum Gasteiger partial charge on any atom is 0.0287 e. The van der Waals surface area contributed by atoms with E-state index >= 15 is 0 Å². The van der Waals surface area contributed by atoms with Crippen LogP contribution < -0.4 is 0 Å². The monoisotopic (exact) mass is 153 g/mol. The molecule has 11 heavy (non-hydrogen) atoms. The minimum absolute atomic E-state index is 1.03. The largest absolute Gasteiger partial charge is 0.372 e. The molecule has 0 aliphatic carbocycles. The van der Waals surface area contributed by atoms with E-state index in [-0.39, 0.29) is 0 Å². The molecule has 0 bridgehead atoms. The number of rotatable bonds is 6. The third kappa shape index (κ3) is 3.87. The molecule has 1 heteroatoms. The molecule has 0 aliphatic rings. The first-order valence-corrected chi connectivity index (χ1v) is 4.32. The summed E-state index contributed by atoms with van der Waals surface area (Å²) in [6, 6.07) is 0. The molecular formula is C10H19N. The number of nitrogens with zero attached hydrogens (tertiary/aromatic N) is 1. The normalized spacial score (nSPS) is 9.27. The second-order valence-corrected chi connectivity index (χ2v) is 2.63. The highest BCUT2D eigenvalue weighted by Gasteiger charge is 1.99. The fourth-order valence-corrected chi connectivity index (χ4v) is 0.983. The van der Waals surface area contributed by atoms with Crippen LogP contribution in [-0.2, 0) is 0 Å². The van der Waals surface area contributed by atoms with Crippen LogP contribution in [0.1, 0.15) is 26.7 Å². The van der Waals surface area contributed by atoms with Gasteiger partial charge in [-0.05, 0) is 19.4 Å². The molecule has 64 valence electrons.